The highest BCUT2D eigenvalue weighted by atomic mass is 15.2. The van der Waals surface area contributed by atoms with Crippen LogP contribution in [0.25, 0.3) is 10.9 Å². The number of nitrogens with two attached hydrogens (primary N) is 1. The molecule has 4 nitrogen and oxygen atoms in total. The Morgan fingerprint density at radius 2 is 1.71 bits per heavy atom. The molecule has 21 heavy (non-hydrogen) atoms. The summed E-state index contributed by atoms with van der Waals surface area (Å²) in [5.41, 5.74) is 7.53. The summed E-state index contributed by atoms with van der Waals surface area (Å²) < 4.78 is 0. The van der Waals surface area contributed by atoms with Gasteiger partial charge in [-0.3, -0.25) is 5.41 Å². The molecule has 3 N–H and O–H groups in total. The van der Waals surface area contributed by atoms with Crippen molar-refractivity contribution >= 4 is 22.6 Å². The van der Waals surface area contributed by atoms with Gasteiger partial charge >= 0.3 is 0 Å². The third-order valence-corrected chi connectivity index (χ3v) is 4.15. The lowest BCUT2D eigenvalue weighted by Crippen LogP contribution is -2.30. The van der Waals surface area contributed by atoms with Crippen LogP contribution in [0.2, 0.25) is 0 Å². The smallest absolute Gasteiger partial charge is 0.140 e. The van der Waals surface area contributed by atoms with E-state index in [2.05, 4.69) is 4.90 Å². The summed E-state index contributed by atoms with van der Waals surface area (Å²) in [4.78, 5) is 7.11. The fourth-order valence-corrected chi connectivity index (χ4v) is 3.00. The predicted molar refractivity (Wildman–Crippen MR) is 88.1 cm³/mol. The van der Waals surface area contributed by atoms with Crippen LogP contribution in [0.1, 0.15) is 37.7 Å². The molecule has 0 spiro atoms. The number of para-hydroxylation sites is 1. The van der Waals surface area contributed by atoms with Crippen molar-refractivity contribution in [2.24, 2.45) is 5.73 Å². The summed E-state index contributed by atoms with van der Waals surface area (Å²) in [6.45, 7) is 2.01. The van der Waals surface area contributed by atoms with Gasteiger partial charge in [0.25, 0.3) is 0 Å². The molecule has 1 aliphatic rings. The summed E-state index contributed by atoms with van der Waals surface area (Å²) in [6, 6.07) is 10.0. The lowest BCUT2D eigenvalue weighted by Gasteiger charge is -2.27. The minimum absolute atomic E-state index is 0.102. The first-order chi connectivity index (χ1) is 10.3. The number of nitrogen functional groups attached to an aromatic ring is 1. The van der Waals surface area contributed by atoms with Crippen LogP contribution in [-0.2, 0) is 0 Å². The molecular formula is C17H22N4. The van der Waals surface area contributed by atoms with Gasteiger partial charge < -0.3 is 10.6 Å². The highest BCUT2D eigenvalue weighted by Gasteiger charge is 2.17. The van der Waals surface area contributed by atoms with Crippen LogP contribution >= 0.6 is 0 Å². The number of hydrogen-bond donors (Lipinski definition) is 2. The van der Waals surface area contributed by atoms with Gasteiger partial charge in [0.2, 0.25) is 0 Å². The van der Waals surface area contributed by atoms with E-state index < -0.39 is 0 Å². The second kappa shape index (κ2) is 6.12. The van der Waals surface area contributed by atoms with Crippen molar-refractivity contribution in [1.82, 2.24) is 4.98 Å². The number of aromatic nitrogens is 1. The van der Waals surface area contributed by atoms with Crippen LogP contribution in [0.15, 0.2) is 30.3 Å². The molecule has 0 saturated carbocycles. The zero-order valence-corrected chi connectivity index (χ0v) is 12.3. The lowest BCUT2D eigenvalue weighted by molar-refractivity contribution is 0.554. The van der Waals surface area contributed by atoms with Crippen molar-refractivity contribution in [3.63, 3.8) is 0 Å². The van der Waals surface area contributed by atoms with E-state index >= 15 is 0 Å². The highest BCUT2D eigenvalue weighted by molar-refractivity contribution is 6.03. The summed E-state index contributed by atoms with van der Waals surface area (Å²) in [7, 11) is 0. The Balaban J connectivity index is 2.05. The van der Waals surface area contributed by atoms with E-state index in [1.807, 2.05) is 30.3 Å². The van der Waals surface area contributed by atoms with Gasteiger partial charge in [0.05, 0.1) is 11.1 Å². The number of rotatable bonds is 2. The normalized spacial score (nSPS) is 16.5. The molecule has 0 unspecified atom stereocenters. The largest absolute Gasteiger partial charge is 0.384 e. The van der Waals surface area contributed by atoms with Crippen molar-refractivity contribution in [2.75, 3.05) is 18.0 Å². The van der Waals surface area contributed by atoms with E-state index in [0.717, 1.165) is 35.4 Å². The van der Waals surface area contributed by atoms with Gasteiger partial charge in [0.15, 0.2) is 0 Å². The number of benzene rings is 1. The zero-order chi connectivity index (χ0) is 14.7. The molecule has 2 heterocycles. The molecule has 1 aromatic carbocycles. The molecular weight excluding hydrogens is 260 g/mol. The third kappa shape index (κ3) is 2.99. The molecule has 4 heteroatoms. The van der Waals surface area contributed by atoms with Crippen molar-refractivity contribution in [3.05, 3.63) is 35.9 Å². The minimum Gasteiger partial charge on any atom is -0.384 e. The first kappa shape index (κ1) is 13.9. The maximum atomic E-state index is 7.88. The summed E-state index contributed by atoms with van der Waals surface area (Å²) >= 11 is 0. The molecule has 0 bridgehead atoms. The van der Waals surface area contributed by atoms with Crippen molar-refractivity contribution in [2.45, 2.75) is 32.1 Å². The molecule has 0 atom stereocenters. The molecule has 1 fully saturated rings. The first-order valence-electron chi connectivity index (χ1n) is 7.75. The molecule has 2 aromatic rings. The van der Waals surface area contributed by atoms with Crippen LogP contribution in [0, 0.1) is 5.41 Å². The van der Waals surface area contributed by atoms with Crippen molar-refractivity contribution in [1.29, 1.82) is 5.41 Å². The Labute approximate surface area is 125 Å². The van der Waals surface area contributed by atoms with Crippen LogP contribution in [0.3, 0.4) is 0 Å². The summed E-state index contributed by atoms with van der Waals surface area (Å²) in [5.74, 6) is 0.980. The standard InChI is InChI=1S/C17H22N4/c18-16(19)14-12-13-8-4-5-9-15(13)20-17(14)21-10-6-2-1-3-7-11-21/h4-5,8-9,12H,1-3,6-7,10-11H2,(H3,18,19). The average Bonchev–Trinajstić information content (AvgIpc) is 2.45. The number of pyridine rings is 1. The van der Waals surface area contributed by atoms with Gasteiger partial charge in [0.1, 0.15) is 11.7 Å². The van der Waals surface area contributed by atoms with Gasteiger partial charge in [-0.15, -0.1) is 0 Å². The van der Waals surface area contributed by atoms with E-state index in [4.69, 9.17) is 16.1 Å². The molecule has 1 aliphatic heterocycles. The van der Waals surface area contributed by atoms with E-state index in [1.165, 1.54) is 32.1 Å². The van der Waals surface area contributed by atoms with Crippen LogP contribution in [0.4, 0.5) is 5.82 Å². The predicted octanol–water partition coefficient (Wildman–Crippen LogP) is 3.29. The number of hydrogen-bond acceptors (Lipinski definition) is 3. The fraction of sp³-hybridized carbons (Fsp3) is 0.412. The Bertz CT molecular complexity index is 642. The number of fused-ring (bicyclic) bond motifs is 1. The third-order valence-electron chi connectivity index (χ3n) is 4.15. The summed E-state index contributed by atoms with van der Waals surface area (Å²) in [5, 5.41) is 8.92. The molecule has 1 aromatic heterocycles. The first-order valence-corrected chi connectivity index (χ1v) is 7.75. The number of nitrogens with one attached hydrogen (secondary N) is 1. The van der Waals surface area contributed by atoms with Gasteiger partial charge in [0, 0.05) is 18.5 Å². The van der Waals surface area contributed by atoms with Crippen molar-refractivity contribution < 1.29 is 0 Å². The maximum Gasteiger partial charge on any atom is 0.140 e. The van der Waals surface area contributed by atoms with E-state index in [0.29, 0.717) is 0 Å². The molecule has 0 aliphatic carbocycles. The molecule has 0 radical (unpaired) electrons. The Morgan fingerprint density at radius 3 is 2.43 bits per heavy atom. The van der Waals surface area contributed by atoms with E-state index in [1.54, 1.807) is 0 Å². The Hall–Kier alpha value is -2.10. The topological polar surface area (TPSA) is 66.0 Å². The monoisotopic (exact) mass is 282 g/mol. The Kier molecular flexibility index (Phi) is 4.04. The molecule has 0 amide bonds. The zero-order valence-electron chi connectivity index (χ0n) is 12.3. The minimum atomic E-state index is 0.102. The fourth-order valence-electron chi connectivity index (χ4n) is 3.00. The number of nitrogens with zero attached hydrogens (tertiary/aromatic N) is 2. The van der Waals surface area contributed by atoms with Crippen LogP contribution in [0.5, 0.6) is 0 Å². The maximum absolute atomic E-state index is 7.88. The second-order valence-electron chi connectivity index (χ2n) is 5.72. The molecule has 1 saturated heterocycles. The van der Waals surface area contributed by atoms with E-state index in [-0.39, 0.29) is 5.84 Å². The number of anilines is 1. The summed E-state index contributed by atoms with van der Waals surface area (Å²) in [6.07, 6.45) is 6.26. The van der Waals surface area contributed by atoms with Gasteiger partial charge in [-0.05, 0) is 25.0 Å². The van der Waals surface area contributed by atoms with Gasteiger partial charge in [-0.2, -0.15) is 0 Å². The molecule has 3 rings (SSSR count). The van der Waals surface area contributed by atoms with Gasteiger partial charge in [-0.1, -0.05) is 37.5 Å². The van der Waals surface area contributed by atoms with Crippen LogP contribution < -0.4 is 10.6 Å². The van der Waals surface area contributed by atoms with Gasteiger partial charge in [-0.25, -0.2) is 4.98 Å². The Morgan fingerprint density at radius 1 is 1.05 bits per heavy atom. The quantitative estimate of drug-likeness (QED) is 0.656. The number of amidine groups is 1. The molecule has 110 valence electrons. The van der Waals surface area contributed by atoms with Crippen LogP contribution in [-0.4, -0.2) is 23.9 Å². The SMILES string of the molecule is N=C(N)c1cc2ccccc2nc1N1CCCCCCC1. The average molecular weight is 282 g/mol. The van der Waals surface area contributed by atoms with Crippen molar-refractivity contribution in [3.8, 4) is 0 Å². The highest BCUT2D eigenvalue weighted by Crippen LogP contribution is 2.25. The lowest BCUT2D eigenvalue weighted by atomic mass is 10.1. The second-order valence-corrected chi connectivity index (χ2v) is 5.72. The van der Waals surface area contributed by atoms with E-state index in [9.17, 15) is 0 Å².